The molecule has 0 aromatic heterocycles. The number of amides is 2. The molecular weight excluding hydrogens is 516 g/mol. The number of fused-ring (bicyclic) bond motifs is 1. The lowest BCUT2D eigenvalue weighted by atomic mass is 9.96. The number of carbonyl (C=O) groups excluding carboxylic acids is 2. The molecule has 0 saturated carbocycles. The highest BCUT2D eigenvalue weighted by atomic mass is 32.2. The Morgan fingerprint density at radius 2 is 1.49 bits per heavy atom. The fourth-order valence-electron chi connectivity index (χ4n) is 4.39. The largest absolute Gasteiger partial charge is 0.493 e. The highest BCUT2D eigenvalue weighted by Gasteiger charge is 2.34. The van der Waals surface area contributed by atoms with Crippen LogP contribution in [0.5, 0.6) is 11.5 Å². The Balaban J connectivity index is 1.69. The average molecular weight is 547 g/mol. The number of para-hydroxylation sites is 1. The maximum absolute atomic E-state index is 13.8. The van der Waals surface area contributed by atoms with Crippen molar-refractivity contribution in [1.82, 2.24) is 4.72 Å². The lowest BCUT2D eigenvalue weighted by Gasteiger charge is -2.26. The summed E-state index contributed by atoms with van der Waals surface area (Å²) in [7, 11) is -1.26. The topological polar surface area (TPSA) is 102 Å². The van der Waals surface area contributed by atoms with E-state index in [1.165, 1.54) is 31.3 Å². The molecule has 0 spiro atoms. The van der Waals surface area contributed by atoms with Gasteiger partial charge in [-0.2, -0.15) is 0 Å². The van der Waals surface area contributed by atoms with E-state index in [1.807, 2.05) is 18.2 Å². The SMILES string of the molecule is CCN(C(=O)C(Cc1ccc(OC)c(OC)c1)C(=O)NS(=O)(=O)c1ccc2ccccc2c1)c1ccccc1. The van der Waals surface area contributed by atoms with Gasteiger partial charge >= 0.3 is 0 Å². The van der Waals surface area contributed by atoms with E-state index in [0.717, 1.165) is 5.39 Å². The van der Waals surface area contributed by atoms with Gasteiger partial charge in [-0.3, -0.25) is 9.59 Å². The first kappa shape index (κ1) is 27.7. The maximum atomic E-state index is 13.8. The number of anilines is 1. The van der Waals surface area contributed by atoms with Crippen molar-refractivity contribution in [3.8, 4) is 11.5 Å². The summed E-state index contributed by atoms with van der Waals surface area (Å²) in [6.07, 6.45) is -0.0540. The van der Waals surface area contributed by atoms with E-state index in [4.69, 9.17) is 9.47 Å². The molecule has 8 nitrogen and oxygen atoms in total. The Kier molecular flexibility index (Phi) is 8.51. The number of nitrogens with one attached hydrogen (secondary N) is 1. The molecular formula is C30H30N2O6S. The predicted octanol–water partition coefficient (Wildman–Crippen LogP) is 4.57. The van der Waals surface area contributed by atoms with Crippen molar-refractivity contribution >= 4 is 38.3 Å². The molecule has 0 aliphatic rings. The van der Waals surface area contributed by atoms with Crippen LogP contribution >= 0.6 is 0 Å². The van der Waals surface area contributed by atoms with Gasteiger partial charge in [-0.05, 0) is 66.1 Å². The quantitative estimate of drug-likeness (QED) is 0.292. The molecule has 0 bridgehead atoms. The number of ether oxygens (including phenoxy) is 2. The second-order valence-corrected chi connectivity index (χ2v) is 10.5. The van der Waals surface area contributed by atoms with Gasteiger partial charge in [-0.15, -0.1) is 0 Å². The van der Waals surface area contributed by atoms with E-state index >= 15 is 0 Å². The van der Waals surface area contributed by atoms with Gasteiger partial charge in [0.25, 0.3) is 10.0 Å². The molecule has 0 aliphatic carbocycles. The van der Waals surface area contributed by atoms with Crippen LogP contribution in [0.15, 0.2) is 95.9 Å². The minimum absolute atomic E-state index is 0.0540. The molecule has 4 aromatic rings. The number of nitrogens with zero attached hydrogens (tertiary/aromatic N) is 1. The molecule has 0 radical (unpaired) electrons. The molecule has 9 heteroatoms. The van der Waals surface area contributed by atoms with Crippen molar-refractivity contribution in [2.24, 2.45) is 5.92 Å². The molecule has 202 valence electrons. The second-order valence-electron chi connectivity index (χ2n) is 8.84. The molecule has 0 fully saturated rings. The van der Waals surface area contributed by atoms with Crippen LogP contribution in [-0.2, 0) is 26.0 Å². The van der Waals surface area contributed by atoms with E-state index in [1.54, 1.807) is 67.6 Å². The first-order valence-electron chi connectivity index (χ1n) is 12.4. The van der Waals surface area contributed by atoms with Crippen LogP contribution in [0.25, 0.3) is 10.8 Å². The lowest BCUT2D eigenvalue weighted by Crippen LogP contribution is -2.46. The van der Waals surface area contributed by atoms with Crippen LogP contribution in [0.2, 0.25) is 0 Å². The summed E-state index contributed by atoms with van der Waals surface area (Å²) in [6.45, 7) is 2.08. The van der Waals surface area contributed by atoms with Gasteiger partial charge < -0.3 is 14.4 Å². The number of sulfonamides is 1. The average Bonchev–Trinajstić information content (AvgIpc) is 2.96. The second kappa shape index (κ2) is 12.0. The summed E-state index contributed by atoms with van der Waals surface area (Å²) in [4.78, 5) is 28.8. The van der Waals surface area contributed by atoms with Gasteiger partial charge in [-0.25, -0.2) is 13.1 Å². The number of benzene rings is 4. The highest BCUT2D eigenvalue weighted by Crippen LogP contribution is 2.29. The predicted molar refractivity (Wildman–Crippen MR) is 150 cm³/mol. The van der Waals surface area contributed by atoms with Crippen molar-refractivity contribution < 1.29 is 27.5 Å². The molecule has 39 heavy (non-hydrogen) atoms. The van der Waals surface area contributed by atoms with Crippen molar-refractivity contribution in [2.45, 2.75) is 18.2 Å². The number of rotatable bonds is 10. The summed E-state index contributed by atoms with van der Waals surface area (Å²) in [6, 6.07) is 25.9. The summed E-state index contributed by atoms with van der Waals surface area (Å²) < 4.78 is 39.3. The van der Waals surface area contributed by atoms with E-state index in [-0.39, 0.29) is 17.9 Å². The summed E-state index contributed by atoms with van der Waals surface area (Å²) >= 11 is 0. The van der Waals surface area contributed by atoms with Gasteiger partial charge in [0.15, 0.2) is 11.5 Å². The zero-order valence-electron chi connectivity index (χ0n) is 22.0. The Hall–Kier alpha value is -4.37. The number of methoxy groups -OCH3 is 2. The summed E-state index contributed by atoms with van der Waals surface area (Å²) in [5, 5.41) is 1.58. The monoisotopic (exact) mass is 546 g/mol. The minimum atomic E-state index is -4.26. The Labute approximate surface area is 228 Å². The Morgan fingerprint density at radius 3 is 2.15 bits per heavy atom. The van der Waals surface area contributed by atoms with Crippen molar-refractivity contribution in [1.29, 1.82) is 0 Å². The molecule has 1 unspecified atom stereocenters. The Bertz CT molecular complexity index is 1590. The maximum Gasteiger partial charge on any atom is 0.264 e. The smallest absolute Gasteiger partial charge is 0.264 e. The van der Waals surface area contributed by atoms with Crippen molar-refractivity contribution in [3.05, 3.63) is 96.6 Å². The normalized spacial score (nSPS) is 12.0. The molecule has 0 heterocycles. The van der Waals surface area contributed by atoms with Crippen LogP contribution in [0.3, 0.4) is 0 Å². The number of carbonyl (C=O) groups is 2. The third-order valence-corrected chi connectivity index (χ3v) is 7.76. The lowest BCUT2D eigenvalue weighted by molar-refractivity contribution is -0.132. The van der Waals surface area contributed by atoms with Crippen LogP contribution < -0.4 is 19.1 Å². The highest BCUT2D eigenvalue weighted by molar-refractivity contribution is 7.90. The van der Waals surface area contributed by atoms with Crippen LogP contribution in [0.1, 0.15) is 12.5 Å². The fraction of sp³-hybridized carbons (Fsp3) is 0.200. The third kappa shape index (κ3) is 6.21. The van der Waals surface area contributed by atoms with E-state index in [9.17, 15) is 18.0 Å². The summed E-state index contributed by atoms with van der Waals surface area (Å²) in [5.74, 6) is -1.85. The van der Waals surface area contributed by atoms with Gasteiger partial charge in [0, 0.05) is 12.2 Å². The van der Waals surface area contributed by atoms with E-state index in [2.05, 4.69) is 4.72 Å². The standard InChI is InChI=1S/C30H30N2O6S/c1-4-32(24-12-6-5-7-13-24)30(34)26(18-21-14-17-27(37-2)28(19-21)38-3)29(33)31-39(35,36)25-16-15-22-10-8-9-11-23(22)20-25/h5-17,19-20,26H,4,18H2,1-3H3,(H,31,33). The molecule has 4 rings (SSSR count). The van der Waals surface area contributed by atoms with Crippen LogP contribution in [-0.4, -0.2) is 41.0 Å². The number of hydrogen-bond acceptors (Lipinski definition) is 6. The van der Waals surface area contributed by atoms with Crippen LogP contribution in [0, 0.1) is 5.92 Å². The first-order chi connectivity index (χ1) is 18.8. The first-order valence-corrected chi connectivity index (χ1v) is 13.9. The van der Waals surface area contributed by atoms with Gasteiger partial charge in [0.1, 0.15) is 5.92 Å². The third-order valence-electron chi connectivity index (χ3n) is 6.42. The van der Waals surface area contributed by atoms with Crippen LogP contribution in [0.4, 0.5) is 5.69 Å². The molecule has 2 amide bonds. The van der Waals surface area contributed by atoms with Gasteiger partial charge in [0.2, 0.25) is 11.8 Å². The molecule has 4 aromatic carbocycles. The molecule has 0 saturated heterocycles. The molecule has 0 aliphatic heterocycles. The molecule has 1 N–H and O–H groups in total. The van der Waals surface area contributed by atoms with E-state index < -0.39 is 27.8 Å². The number of hydrogen-bond donors (Lipinski definition) is 1. The molecule has 1 atom stereocenters. The zero-order chi connectivity index (χ0) is 28.0. The van der Waals surface area contributed by atoms with Crippen molar-refractivity contribution in [3.63, 3.8) is 0 Å². The van der Waals surface area contributed by atoms with Crippen molar-refractivity contribution in [2.75, 3.05) is 25.7 Å². The summed E-state index contributed by atoms with van der Waals surface area (Å²) in [5.41, 5.74) is 1.21. The minimum Gasteiger partial charge on any atom is -0.493 e. The zero-order valence-corrected chi connectivity index (χ0v) is 22.8. The van der Waals surface area contributed by atoms with Gasteiger partial charge in [0.05, 0.1) is 19.1 Å². The van der Waals surface area contributed by atoms with Gasteiger partial charge in [-0.1, -0.05) is 54.6 Å². The Morgan fingerprint density at radius 1 is 0.821 bits per heavy atom. The van der Waals surface area contributed by atoms with E-state index in [0.29, 0.717) is 28.1 Å². The fourth-order valence-corrected chi connectivity index (χ4v) is 5.45.